The van der Waals surface area contributed by atoms with Crippen LogP contribution in [-0.2, 0) is 14.3 Å². The lowest BCUT2D eigenvalue weighted by Gasteiger charge is -2.41. The maximum absolute atomic E-state index is 11.7. The molecule has 5 nitrogen and oxygen atoms in total. The van der Waals surface area contributed by atoms with E-state index >= 15 is 0 Å². The highest BCUT2D eigenvalue weighted by Crippen LogP contribution is 2.20. The van der Waals surface area contributed by atoms with Crippen molar-refractivity contribution in [2.45, 2.75) is 44.8 Å². The molecule has 16 heavy (non-hydrogen) atoms. The van der Waals surface area contributed by atoms with E-state index in [1.807, 2.05) is 6.92 Å². The standard InChI is InChI=1S/C11H18N2O3/c1-7-3-4-9(8(2)12-7)13-10(14)5-16-6-11(13)15/h7-9,12H,3-6H2,1-2H3. The van der Waals surface area contributed by atoms with Gasteiger partial charge in [0.15, 0.2) is 0 Å². The van der Waals surface area contributed by atoms with Gasteiger partial charge in [0.05, 0.1) is 6.04 Å². The zero-order valence-corrected chi connectivity index (χ0v) is 9.73. The fourth-order valence-electron chi connectivity index (χ4n) is 2.54. The summed E-state index contributed by atoms with van der Waals surface area (Å²) in [5.41, 5.74) is 0. The molecule has 0 aliphatic carbocycles. The Morgan fingerprint density at radius 1 is 1.19 bits per heavy atom. The van der Waals surface area contributed by atoms with Crippen LogP contribution in [0.15, 0.2) is 0 Å². The van der Waals surface area contributed by atoms with Crippen LogP contribution in [0.1, 0.15) is 26.7 Å². The Balaban J connectivity index is 2.10. The Bertz CT molecular complexity index is 290. The van der Waals surface area contributed by atoms with Crippen molar-refractivity contribution in [3.05, 3.63) is 0 Å². The van der Waals surface area contributed by atoms with Gasteiger partial charge in [0.25, 0.3) is 11.8 Å². The molecular formula is C11H18N2O3. The van der Waals surface area contributed by atoms with Gasteiger partial charge in [-0.15, -0.1) is 0 Å². The lowest BCUT2D eigenvalue weighted by Crippen LogP contribution is -2.60. The fourth-order valence-corrected chi connectivity index (χ4v) is 2.54. The maximum atomic E-state index is 11.7. The Morgan fingerprint density at radius 3 is 2.38 bits per heavy atom. The maximum Gasteiger partial charge on any atom is 0.255 e. The van der Waals surface area contributed by atoms with E-state index in [1.54, 1.807) is 0 Å². The molecule has 0 saturated carbocycles. The fraction of sp³-hybridized carbons (Fsp3) is 0.818. The van der Waals surface area contributed by atoms with E-state index in [0.717, 1.165) is 12.8 Å². The van der Waals surface area contributed by atoms with Crippen LogP contribution in [-0.4, -0.2) is 48.1 Å². The molecule has 0 aromatic rings. The molecule has 0 bridgehead atoms. The zero-order valence-electron chi connectivity index (χ0n) is 9.73. The van der Waals surface area contributed by atoms with Gasteiger partial charge in [0.2, 0.25) is 0 Å². The van der Waals surface area contributed by atoms with Gasteiger partial charge in [-0.25, -0.2) is 0 Å². The third-order valence-corrected chi connectivity index (χ3v) is 3.34. The minimum absolute atomic E-state index is 0.0138. The summed E-state index contributed by atoms with van der Waals surface area (Å²) in [6.07, 6.45) is 1.87. The number of ether oxygens (including phenoxy) is 1. The first kappa shape index (κ1) is 11.5. The second kappa shape index (κ2) is 4.51. The number of morpholine rings is 1. The molecule has 0 aromatic carbocycles. The van der Waals surface area contributed by atoms with Gasteiger partial charge in [0, 0.05) is 12.1 Å². The molecule has 3 unspecified atom stereocenters. The van der Waals surface area contributed by atoms with Crippen molar-refractivity contribution < 1.29 is 14.3 Å². The molecule has 2 aliphatic heterocycles. The summed E-state index contributed by atoms with van der Waals surface area (Å²) in [5.74, 6) is -0.408. The number of piperidine rings is 1. The summed E-state index contributed by atoms with van der Waals surface area (Å²) in [6.45, 7) is 4.21. The first-order valence-corrected chi connectivity index (χ1v) is 5.78. The normalized spacial score (nSPS) is 36.6. The minimum atomic E-state index is -0.204. The Hall–Kier alpha value is -0.940. The first-order valence-electron chi connectivity index (χ1n) is 5.78. The van der Waals surface area contributed by atoms with Crippen LogP contribution in [0.25, 0.3) is 0 Å². The average molecular weight is 226 g/mol. The second-order valence-electron chi connectivity index (χ2n) is 4.65. The molecule has 2 amide bonds. The van der Waals surface area contributed by atoms with Crippen LogP contribution < -0.4 is 5.32 Å². The molecule has 2 rings (SSSR count). The Labute approximate surface area is 95.1 Å². The molecule has 2 aliphatic rings. The number of nitrogens with zero attached hydrogens (tertiary/aromatic N) is 1. The molecule has 0 aromatic heterocycles. The molecule has 2 heterocycles. The number of amides is 2. The predicted octanol–water partition coefficient (Wildman–Crippen LogP) is -0.0992. The van der Waals surface area contributed by atoms with Crippen molar-refractivity contribution in [1.29, 1.82) is 0 Å². The summed E-state index contributed by atoms with van der Waals surface area (Å²) in [5, 5.41) is 3.38. The highest BCUT2D eigenvalue weighted by molar-refractivity contribution is 5.98. The van der Waals surface area contributed by atoms with E-state index in [-0.39, 0.29) is 37.1 Å². The van der Waals surface area contributed by atoms with E-state index in [9.17, 15) is 9.59 Å². The summed E-state index contributed by atoms with van der Waals surface area (Å²) < 4.78 is 4.91. The van der Waals surface area contributed by atoms with Gasteiger partial charge in [-0.3, -0.25) is 14.5 Å². The van der Waals surface area contributed by atoms with Crippen molar-refractivity contribution in [3.63, 3.8) is 0 Å². The molecule has 1 N–H and O–H groups in total. The lowest BCUT2D eigenvalue weighted by molar-refractivity contribution is -0.163. The van der Waals surface area contributed by atoms with E-state index in [4.69, 9.17) is 4.74 Å². The highest BCUT2D eigenvalue weighted by Gasteiger charge is 2.38. The smallest absolute Gasteiger partial charge is 0.255 e. The molecule has 3 atom stereocenters. The van der Waals surface area contributed by atoms with Crippen molar-refractivity contribution >= 4 is 11.8 Å². The second-order valence-corrected chi connectivity index (χ2v) is 4.65. The van der Waals surface area contributed by atoms with Crippen molar-refractivity contribution in [2.24, 2.45) is 0 Å². The van der Waals surface area contributed by atoms with Crippen molar-refractivity contribution in [1.82, 2.24) is 10.2 Å². The van der Waals surface area contributed by atoms with Gasteiger partial charge in [0.1, 0.15) is 13.2 Å². The van der Waals surface area contributed by atoms with Gasteiger partial charge in [-0.2, -0.15) is 0 Å². The summed E-state index contributed by atoms with van der Waals surface area (Å²) in [4.78, 5) is 24.8. The Kier molecular flexibility index (Phi) is 3.25. The van der Waals surface area contributed by atoms with Crippen LogP contribution in [0.4, 0.5) is 0 Å². The Morgan fingerprint density at radius 2 is 1.81 bits per heavy atom. The van der Waals surface area contributed by atoms with Gasteiger partial charge in [-0.05, 0) is 26.7 Å². The number of rotatable bonds is 1. The van der Waals surface area contributed by atoms with Crippen LogP contribution in [0.5, 0.6) is 0 Å². The summed E-state index contributed by atoms with van der Waals surface area (Å²) in [6, 6.07) is 0.604. The van der Waals surface area contributed by atoms with Gasteiger partial charge in [-0.1, -0.05) is 0 Å². The molecule has 2 fully saturated rings. The van der Waals surface area contributed by atoms with Gasteiger partial charge >= 0.3 is 0 Å². The SMILES string of the molecule is CC1CCC(N2C(=O)COCC2=O)C(C)N1. The molecule has 5 heteroatoms. The number of hydrogen-bond donors (Lipinski definition) is 1. The molecule has 0 spiro atoms. The molecule has 0 radical (unpaired) electrons. The third kappa shape index (κ3) is 2.10. The van der Waals surface area contributed by atoms with E-state index in [2.05, 4.69) is 12.2 Å². The van der Waals surface area contributed by atoms with Crippen LogP contribution >= 0.6 is 0 Å². The quantitative estimate of drug-likeness (QED) is 0.634. The highest BCUT2D eigenvalue weighted by atomic mass is 16.5. The number of hydrogen-bond acceptors (Lipinski definition) is 4. The number of nitrogens with one attached hydrogen (secondary N) is 1. The van der Waals surface area contributed by atoms with Crippen molar-refractivity contribution in [2.75, 3.05) is 13.2 Å². The molecular weight excluding hydrogens is 208 g/mol. The lowest BCUT2D eigenvalue weighted by atomic mass is 9.93. The summed E-state index contributed by atoms with van der Waals surface area (Å²) >= 11 is 0. The number of carbonyl (C=O) groups excluding carboxylic acids is 2. The van der Waals surface area contributed by atoms with E-state index in [1.165, 1.54) is 4.90 Å². The zero-order chi connectivity index (χ0) is 11.7. The minimum Gasteiger partial charge on any atom is -0.362 e. The van der Waals surface area contributed by atoms with E-state index < -0.39 is 0 Å². The predicted molar refractivity (Wildman–Crippen MR) is 57.8 cm³/mol. The van der Waals surface area contributed by atoms with Crippen LogP contribution in [0, 0.1) is 0 Å². The summed E-state index contributed by atoms with van der Waals surface area (Å²) in [7, 11) is 0. The van der Waals surface area contributed by atoms with Crippen LogP contribution in [0.2, 0.25) is 0 Å². The third-order valence-electron chi connectivity index (χ3n) is 3.34. The van der Waals surface area contributed by atoms with Gasteiger partial charge < -0.3 is 10.1 Å². The number of imide groups is 1. The van der Waals surface area contributed by atoms with E-state index in [0.29, 0.717) is 6.04 Å². The largest absolute Gasteiger partial charge is 0.362 e. The average Bonchev–Trinajstić information content (AvgIpc) is 2.20. The monoisotopic (exact) mass is 226 g/mol. The van der Waals surface area contributed by atoms with Crippen LogP contribution in [0.3, 0.4) is 0 Å². The topological polar surface area (TPSA) is 58.6 Å². The molecule has 2 saturated heterocycles. The molecule has 90 valence electrons. The number of carbonyl (C=O) groups is 2. The van der Waals surface area contributed by atoms with Crippen molar-refractivity contribution in [3.8, 4) is 0 Å². The first-order chi connectivity index (χ1) is 7.59.